The van der Waals surface area contributed by atoms with Gasteiger partial charge in [0.1, 0.15) is 25.4 Å². The molecule has 0 heterocycles. The number of phosphoric acid groups is 2. The topological polar surface area (TPSA) is 231 Å². The molecule has 16 nitrogen and oxygen atoms in total. The molecule has 0 rings (SSSR count). The van der Waals surface area contributed by atoms with Crippen molar-refractivity contribution in [3.05, 3.63) is 146 Å². The van der Waals surface area contributed by atoms with Crippen molar-refractivity contribution >= 4 is 33.6 Å². The minimum Gasteiger partial charge on any atom is -0.463 e. The van der Waals surface area contributed by atoms with Crippen LogP contribution in [-0.2, 0) is 55.8 Å². The van der Waals surface area contributed by atoms with Crippen LogP contribution in [0.5, 0.6) is 0 Å². The molecule has 18 heteroatoms. The van der Waals surface area contributed by atoms with Gasteiger partial charge in [-0.15, -0.1) is 0 Å². The summed E-state index contributed by atoms with van der Waals surface area (Å²) in [4.78, 5) is 58.9. The average Bonchev–Trinajstić information content (AvgIpc) is 0.893. The van der Waals surface area contributed by atoms with Crippen LogP contribution >= 0.6 is 15.6 Å². The van der Waals surface area contributed by atoms with Gasteiger partial charge in [0.25, 0.3) is 0 Å². The van der Waals surface area contributed by atoms with Crippen LogP contribution in [0.15, 0.2) is 146 Å². The number of hydrogen-bond acceptors (Lipinski definition) is 14. The van der Waals surface area contributed by atoms with Crippen LogP contribution in [0.1, 0.15) is 419 Å². The second kappa shape index (κ2) is 92.6. The van der Waals surface area contributed by atoms with Crippen molar-refractivity contribution in [1.82, 2.24) is 0 Å². The zero-order chi connectivity index (χ0) is 86.5. The Hall–Kier alpha value is -4.57. The summed E-state index contributed by atoms with van der Waals surface area (Å²) < 4.78 is 61.4. The average molecular weight is 1710 g/mol. The Morgan fingerprint density at radius 2 is 0.462 bits per heavy atom. The largest absolute Gasteiger partial charge is 0.472 e. The van der Waals surface area contributed by atoms with Crippen molar-refractivity contribution in [2.45, 2.75) is 437 Å². The molecule has 0 aliphatic rings. The van der Waals surface area contributed by atoms with Crippen LogP contribution < -0.4 is 0 Å². The molecular formula is C101H176O16P2. The van der Waals surface area contributed by atoms with Gasteiger partial charge < -0.3 is 34.2 Å². The third kappa shape index (κ3) is 94.0. The van der Waals surface area contributed by atoms with Crippen molar-refractivity contribution < 1.29 is 75.8 Å². The van der Waals surface area contributed by atoms with Gasteiger partial charge in [0.2, 0.25) is 0 Å². The molecule has 0 bridgehead atoms. The van der Waals surface area contributed by atoms with Gasteiger partial charge in [-0.1, -0.05) is 404 Å². The van der Waals surface area contributed by atoms with E-state index < -0.39 is 91.5 Å². The normalized spacial score (nSPS) is 14.4. The van der Waals surface area contributed by atoms with Gasteiger partial charge in [-0.05, 0) is 141 Å². The van der Waals surface area contributed by atoms with E-state index in [2.05, 4.69) is 167 Å². The number of ether oxygens (including phenoxy) is 3. The molecule has 0 amide bonds. The van der Waals surface area contributed by atoms with Gasteiger partial charge in [-0.3, -0.25) is 32.5 Å². The lowest BCUT2D eigenvalue weighted by molar-refractivity contribution is -0.161. The van der Waals surface area contributed by atoms with E-state index in [1.54, 1.807) is 0 Å². The Morgan fingerprint density at radius 1 is 0.244 bits per heavy atom. The van der Waals surface area contributed by atoms with Gasteiger partial charge >= 0.3 is 33.6 Å². The van der Waals surface area contributed by atoms with E-state index in [0.29, 0.717) is 19.3 Å². The third-order valence-electron chi connectivity index (χ3n) is 20.5. The predicted molar refractivity (Wildman–Crippen MR) is 500 cm³/mol. The summed E-state index contributed by atoms with van der Waals surface area (Å²) in [6, 6.07) is 0. The van der Waals surface area contributed by atoms with E-state index in [4.69, 9.17) is 32.3 Å². The molecule has 5 unspecified atom stereocenters. The molecule has 0 fully saturated rings. The smallest absolute Gasteiger partial charge is 0.463 e. The van der Waals surface area contributed by atoms with Crippen molar-refractivity contribution in [1.29, 1.82) is 0 Å². The van der Waals surface area contributed by atoms with Crippen LogP contribution in [0.3, 0.4) is 0 Å². The Morgan fingerprint density at radius 3 is 0.739 bits per heavy atom. The SMILES string of the molecule is CC/C=C\C/C=C\C/C=C\C/C=C\C/C=C\C/C=C\CCCCCCCCCCCCCCCCCCC(=O)OCC(O)COP(=O)(O)OCC(O)COP(=O)(O)OCC(COC(=O)CCCCCCCCCCCCCCCCCCCCC/C=C\C/C=C\C/C=C\C/C=C\CCCCC)OC(=O)CCCCCCC/C=C\C/C=C\CCC. The fourth-order valence-corrected chi connectivity index (χ4v) is 14.8. The fourth-order valence-electron chi connectivity index (χ4n) is 13.2. The Labute approximate surface area is 728 Å². The summed E-state index contributed by atoms with van der Waals surface area (Å²) in [5, 5.41) is 20.7. The number of carbonyl (C=O) groups excluding carboxylic acids is 3. The van der Waals surface area contributed by atoms with Crippen LogP contribution in [0.4, 0.5) is 0 Å². The van der Waals surface area contributed by atoms with E-state index in [-0.39, 0.29) is 19.3 Å². The van der Waals surface area contributed by atoms with E-state index in [0.717, 1.165) is 148 Å². The zero-order valence-corrected chi connectivity index (χ0v) is 77.5. The molecule has 0 aliphatic heterocycles. The summed E-state index contributed by atoms with van der Waals surface area (Å²) in [6.07, 6.45) is 118. The number of unbranched alkanes of at least 4 members (excludes halogenated alkanes) is 44. The molecular weight excluding hydrogens is 1530 g/mol. The number of aliphatic hydroxyl groups is 2. The first-order valence-corrected chi connectivity index (χ1v) is 51.1. The third-order valence-corrected chi connectivity index (χ3v) is 22.4. The number of esters is 3. The second-order valence-electron chi connectivity index (χ2n) is 32.1. The van der Waals surface area contributed by atoms with Crippen LogP contribution in [0, 0.1) is 0 Å². The molecule has 686 valence electrons. The summed E-state index contributed by atoms with van der Waals surface area (Å²) >= 11 is 0. The maximum Gasteiger partial charge on any atom is 0.472 e. The van der Waals surface area contributed by atoms with Gasteiger partial charge in [0.05, 0.1) is 26.4 Å². The molecule has 0 saturated carbocycles. The van der Waals surface area contributed by atoms with Crippen molar-refractivity contribution in [2.75, 3.05) is 39.6 Å². The van der Waals surface area contributed by atoms with E-state index >= 15 is 0 Å². The molecule has 0 aromatic carbocycles. The van der Waals surface area contributed by atoms with Crippen LogP contribution in [0.25, 0.3) is 0 Å². The van der Waals surface area contributed by atoms with Gasteiger partial charge in [-0.2, -0.15) is 0 Å². The predicted octanol–water partition coefficient (Wildman–Crippen LogP) is 29.9. The highest BCUT2D eigenvalue weighted by Gasteiger charge is 2.30. The summed E-state index contributed by atoms with van der Waals surface area (Å²) in [5.41, 5.74) is 0. The van der Waals surface area contributed by atoms with Gasteiger partial charge in [-0.25, -0.2) is 9.13 Å². The molecule has 119 heavy (non-hydrogen) atoms. The second-order valence-corrected chi connectivity index (χ2v) is 35.0. The van der Waals surface area contributed by atoms with E-state index in [1.165, 1.54) is 212 Å². The summed E-state index contributed by atoms with van der Waals surface area (Å²) in [6.45, 7) is 2.51. The minimum absolute atomic E-state index is 0.0891. The Kier molecular flexibility index (Phi) is 89.1. The summed E-state index contributed by atoms with van der Waals surface area (Å²) in [5.74, 6) is -1.57. The molecule has 0 aromatic heterocycles. The number of phosphoric ester groups is 2. The lowest BCUT2D eigenvalue weighted by atomic mass is 10.0. The molecule has 0 spiro atoms. The van der Waals surface area contributed by atoms with Crippen LogP contribution in [-0.4, -0.2) is 95.9 Å². The van der Waals surface area contributed by atoms with Crippen molar-refractivity contribution in [3.63, 3.8) is 0 Å². The fraction of sp³-hybridized carbons (Fsp3) is 0.733. The maximum absolute atomic E-state index is 13.0. The standard InChI is InChI=1S/C101H176O16P2/c1-4-7-10-13-16-19-22-25-27-29-31-33-35-37-39-41-43-45-47-49-51-53-55-57-59-61-63-65-67-70-72-75-78-81-84-87-99(104)111-90-96(102)91-113-118(107,108)114-92-97(103)93-115-119(109,110)116-95-98(117-101(106)89-86-83-80-77-74-69-24-21-18-15-12-9-6-3)94-112-100(105)88-85-82-79-76-73-71-68-66-64-62-60-58-56-54-52-50-48-46-44-42-40-38-36-34-32-30-28-26-23-20-17-14-11-8-5-2/h7,10,12,15-17,19-21,24-28,31-34,37-40,43,45,96-98,102-103H,4-6,8-9,11,13-14,18,22-23,29-30,35-36,41-42,44,46-95H2,1-3H3,(H,107,108)(H,109,110)/b10-7-,15-12-,19-16-,20-17-,24-21-,27-25-,28-26-,33-31-,34-32-,39-37-,40-38-,45-43-. The minimum atomic E-state index is -4.94. The highest BCUT2D eigenvalue weighted by atomic mass is 31.2. The van der Waals surface area contributed by atoms with E-state index in [1.807, 2.05) is 0 Å². The first-order chi connectivity index (χ1) is 58.2. The molecule has 0 saturated heterocycles. The highest BCUT2D eigenvalue weighted by Crippen LogP contribution is 2.45. The molecule has 5 atom stereocenters. The quantitative estimate of drug-likeness (QED) is 0.0146. The number of rotatable bonds is 91. The van der Waals surface area contributed by atoms with E-state index in [9.17, 15) is 43.5 Å². The van der Waals surface area contributed by atoms with Crippen molar-refractivity contribution in [2.24, 2.45) is 0 Å². The molecule has 0 aliphatic carbocycles. The Bertz CT molecular complexity index is 2740. The monoisotopic (exact) mass is 1710 g/mol. The lowest BCUT2D eigenvalue weighted by Gasteiger charge is -2.21. The zero-order valence-electron chi connectivity index (χ0n) is 75.8. The number of carbonyl (C=O) groups is 3. The lowest BCUT2D eigenvalue weighted by Crippen LogP contribution is -2.30. The number of aliphatic hydroxyl groups excluding tert-OH is 2. The van der Waals surface area contributed by atoms with Crippen LogP contribution in [0.2, 0.25) is 0 Å². The van der Waals surface area contributed by atoms with Gasteiger partial charge in [0, 0.05) is 19.3 Å². The highest BCUT2D eigenvalue weighted by molar-refractivity contribution is 7.47. The Balaban J connectivity index is 4.35. The number of allylic oxidation sites excluding steroid dienone is 24. The number of hydrogen-bond donors (Lipinski definition) is 4. The first kappa shape index (κ1) is 114. The van der Waals surface area contributed by atoms with Crippen molar-refractivity contribution in [3.8, 4) is 0 Å². The van der Waals surface area contributed by atoms with Gasteiger partial charge in [0.15, 0.2) is 6.10 Å². The molecule has 0 aromatic rings. The first-order valence-electron chi connectivity index (χ1n) is 48.1. The maximum atomic E-state index is 13.0. The summed E-state index contributed by atoms with van der Waals surface area (Å²) in [7, 11) is -9.80. The molecule has 4 N–H and O–H groups in total. The molecule has 0 radical (unpaired) electrons.